The zero-order valence-corrected chi connectivity index (χ0v) is 10.1. The maximum atomic E-state index is 10.2. The molecular formula is C11H8BrN3O. The summed E-state index contributed by atoms with van der Waals surface area (Å²) >= 11 is 3.37. The van der Waals surface area contributed by atoms with Crippen molar-refractivity contribution in [1.29, 1.82) is 0 Å². The van der Waals surface area contributed by atoms with Gasteiger partial charge >= 0.3 is 0 Å². The predicted octanol–water partition coefficient (Wildman–Crippen LogP) is 2.82. The van der Waals surface area contributed by atoms with Crippen molar-refractivity contribution < 1.29 is 4.79 Å². The number of hydrogen-bond donors (Lipinski definition) is 0. The smallest absolute Gasteiger partial charge is 0.242 e. The van der Waals surface area contributed by atoms with Crippen LogP contribution in [0.5, 0.6) is 0 Å². The molecule has 0 saturated heterocycles. The van der Waals surface area contributed by atoms with Crippen LogP contribution in [0.15, 0.2) is 39.8 Å². The lowest BCUT2D eigenvalue weighted by molar-refractivity contribution is 0.564. The average molecular weight is 278 g/mol. The highest BCUT2D eigenvalue weighted by Gasteiger charge is 2.05. The third-order valence-electron chi connectivity index (χ3n) is 2.16. The summed E-state index contributed by atoms with van der Waals surface area (Å²) in [5.74, 6) is 0.493. The Morgan fingerprint density at radius 3 is 2.69 bits per heavy atom. The van der Waals surface area contributed by atoms with Gasteiger partial charge in [0.1, 0.15) is 0 Å². The second-order valence-corrected chi connectivity index (χ2v) is 4.14. The van der Waals surface area contributed by atoms with Gasteiger partial charge in [0.05, 0.1) is 5.69 Å². The molecule has 0 spiro atoms. The van der Waals surface area contributed by atoms with Crippen molar-refractivity contribution in [2.45, 2.75) is 0 Å². The first-order chi connectivity index (χ1) is 7.70. The first-order valence-electron chi connectivity index (χ1n) is 4.58. The summed E-state index contributed by atoms with van der Waals surface area (Å²) in [7, 11) is 1.73. The van der Waals surface area contributed by atoms with Crippen molar-refractivity contribution in [2.24, 2.45) is 12.0 Å². The molecule has 0 aliphatic carbocycles. The van der Waals surface area contributed by atoms with Crippen LogP contribution in [0.3, 0.4) is 0 Å². The van der Waals surface area contributed by atoms with Crippen molar-refractivity contribution in [3.8, 4) is 11.3 Å². The zero-order chi connectivity index (χ0) is 11.5. The van der Waals surface area contributed by atoms with Gasteiger partial charge in [-0.3, -0.25) is 0 Å². The van der Waals surface area contributed by atoms with Gasteiger partial charge in [-0.15, -0.1) is 4.99 Å². The molecule has 2 aromatic rings. The monoisotopic (exact) mass is 277 g/mol. The molecule has 0 unspecified atom stereocenters. The lowest BCUT2D eigenvalue weighted by Gasteiger charge is -1.95. The molecule has 80 valence electrons. The van der Waals surface area contributed by atoms with E-state index in [-0.39, 0.29) is 0 Å². The largest absolute Gasteiger partial charge is 0.250 e. The van der Waals surface area contributed by atoms with Gasteiger partial charge in [0.2, 0.25) is 6.08 Å². The normalized spacial score (nSPS) is 9.88. The summed E-state index contributed by atoms with van der Waals surface area (Å²) in [4.78, 5) is 13.7. The molecule has 0 bridgehead atoms. The van der Waals surface area contributed by atoms with Crippen LogP contribution in [0.25, 0.3) is 11.3 Å². The fourth-order valence-electron chi connectivity index (χ4n) is 1.37. The van der Waals surface area contributed by atoms with Gasteiger partial charge in [-0.05, 0) is 12.1 Å². The van der Waals surface area contributed by atoms with E-state index in [1.165, 1.54) is 6.08 Å². The fourth-order valence-corrected chi connectivity index (χ4v) is 1.63. The van der Waals surface area contributed by atoms with Crippen LogP contribution in [0.1, 0.15) is 0 Å². The number of nitrogens with zero attached hydrogens (tertiary/aromatic N) is 3. The van der Waals surface area contributed by atoms with E-state index in [9.17, 15) is 4.79 Å². The number of aromatic nitrogens is 2. The number of hydrogen-bond acceptors (Lipinski definition) is 3. The number of isocyanates is 1. The van der Waals surface area contributed by atoms with Crippen molar-refractivity contribution in [3.63, 3.8) is 0 Å². The van der Waals surface area contributed by atoms with Crippen molar-refractivity contribution in [1.82, 2.24) is 9.78 Å². The molecule has 16 heavy (non-hydrogen) atoms. The van der Waals surface area contributed by atoms with Crippen LogP contribution in [0.2, 0.25) is 0 Å². The highest BCUT2D eigenvalue weighted by molar-refractivity contribution is 9.10. The van der Waals surface area contributed by atoms with Crippen molar-refractivity contribution in [2.75, 3.05) is 0 Å². The van der Waals surface area contributed by atoms with E-state index in [1.807, 2.05) is 24.3 Å². The third kappa shape index (κ3) is 2.10. The van der Waals surface area contributed by atoms with E-state index in [2.05, 4.69) is 26.0 Å². The number of benzene rings is 1. The topological polar surface area (TPSA) is 47.2 Å². The Hall–Kier alpha value is -1.71. The Kier molecular flexibility index (Phi) is 2.99. The van der Waals surface area contributed by atoms with E-state index in [4.69, 9.17) is 0 Å². The first kappa shape index (κ1) is 10.8. The summed E-state index contributed by atoms with van der Waals surface area (Å²) in [6.07, 6.45) is 1.51. The molecule has 2 rings (SSSR count). The van der Waals surface area contributed by atoms with Gasteiger partial charge in [-0.25, -0.2) is 9.48 Å². The van der Waals surface area contributed by atoms with E-state index in [0.717, 1.165) is 15.7 Å². The molecule has 4 nitrogen and oxygen atoms in total. The number of aryl methyl sites for hydroxylation is 1. The van der Waals surface area contributed by atoms with Crippen LogP contribution in [-0.4, -0.2) is 15.9 Å². The standard InChI is InChI=1S/C11H8BrN3O/c1-15-11(13-7-16)6-10(14-15)8-2-4-9(12)5-3-8/h2-6H,1H3. The molecule has 1 aromatic carbocycles. The first-order valence-corrected chi connectivity index (χ1v) is 5.38. The molecule has 0 aliphatic rings. The Labute approximate surface area is 101 Å². The summed E-state index contributed by atoms with van der Waals surface area (Å²) in [6.45, 7) is 0. The van der Waals surface area contributed by atoms with Gasteiger partial charge in [0.25, 0.3) is 0 Å². The van der Waals surface area contributed by atoms with Crippen LogP contribution < -0.4 is 0 Å². The van der Waals surface area contributed by atoms with E-state index in [1.54, 1.807) is 17.8 Å². The van der Waals surface area contributed by atoms with Crippen LogP contribution in [0.4, 0.5) is 5.82 Å². The van der Waals surface area contributed by atoms with Crippen LogP contribution >= 0.6 is 15.9 Å². The summed E-state index contributed by atoms with van der Waals surface area (Å²) in [5.41, 5.74) is 1.76. The second kappa shape index (κ2) is 4.43. The molecule has 1 heterocycles. The van der Waals surface area contributed by atoms with Crippen LogP contribution in [0, 0.1) is 0 Å². The molecule has 5 heteroatoms. The van der Waals surface area contributed by atoms with Gasteiger partial charge in [-0.1, -0.05) is 28.1 Å². The lowest BCUT2D eigenvalue weighted by atomic mass is 10.2. The zero-order valence-electron chi connectivity index (χ0n) is 8.51. The number of carbonyl (C=O) groups excluding carboxylic acids is 1. The molecule has 0 N–H and O–H groups in total. The maximum Gasteiger partial charge on any atom is 0.242 e. The molecule has 0 saturated carbocycles. The van der Waals surface area contributed by atoms with Gasteiger partial charge in [0, 0.05) is 23.2 Å². The lowest BCUT2D eigenvalue weighted by Crippen LogP contribution is -1.89. The minimum absolute atomic E-state index is 0.493. The number of rotatable bonds is 2. The highest BCUT2D eigenvalue weighted by atomic mass is 79.9. The second-order valence-electron chi connectivity index (χ2n) is 3.22. The van der Waals surface area contributed by atoms with E-state index in [0.29, 0.717) is 5.82 Å². The SMILES string of the molecule is Cn1nc(-c2ccc(Br)cc2)cc1N=C=O. The quantitative estimate of drug-likeness (QED) is 0.626. The molecular weight excluding hydrogens is 270 g/mol. The molecule has 0 atom stereocenters. The summed E-state index contributed by atoms with van der Waals surface area (Å²) in [6, 6.07) is 9.51. The summed E-state index contributed by atoms with van der Waals surface area (Å²) in [5, 5.41) is 4.26. The molecule has 0 fully saturated rings. The molecule has 0 amide bonds. The minimum Gasteiger partial charge on any atom is -0.250 e. The van der Waals surface area contributed by atoms with E-state index < -0.39 is 0 Å². The Balaban J connectivity index is 2.45. The third-order valence-corrected chi connectivity index (χ3v) is 2.68. The molecule has 0 aliphatic heterocycles. The van der Waals surface area contributed by atoms with Gasteiger partial charge < -0.3 is 0 Å². The van der Waals surface area contributed by atoms with E-state index >= 15 is 0 Å². The fraction of sp³-hybridized carbons (Fsp3) is 0.0909. The molecule has 0 radical (unpaired) electrons. The Bertz CT molecular complexity index is 553. The predicted molar refractivity (Wildman–Crippen MR) is 64.1 cm³/mol. The van der Waals surface area contributed by atoms with Crippen molar-refractivity contribution >= 4 is 27.8 Å². The van der Waals surface area contributed by atoms with Gasteiger partial charge in [-0.2, -0.15) is 5.10 Å². The number of aliphatic imine (C=N–C) groups is 1. The highest BCUT2D eigenvalue weighted by Crippen LogP contribution is 2.24. The Morgan fingerprint density at radius 2 is 2.06 bits per heavy atom. The summed E-state index contributed by atoms with van der Waals surface area (Å²) < 4.78 is 2.56. The Morgan fingerprint density at radius 1 is 1.38 bits per heavy atom. The average Bonchev–Trinajstić information content (AvgIpc) is 2.62. The maximum absolute atomic E-state index is 10.2. The van der Waals surface area contributed by atoms with Crippen LogP contribution in [-0.2, 0) is 11.8 Å². The van der Waals surface area contributed by atoms with Crippen molar-refractivity contribution in [3.05, 3.63) is 34.8 Å². The minimum atomic E-state index is 0.493. The van der Waals surface area contributed by atoms with Gasteiger partial charge in [0.15, 0.2) is 5.82 Å². The molecule has 1 aromatic heterocycles. The number of halogens is 1.